The van der Waals surface area contributed by atoms with Gasteiger partial charge in [-0.25, -0.2) is 0 Å². The van der Waals surface area contributed by atoms with Crippen LogP contribution in [-0.2, 0) is 0 Å². The summed E-state index contributed by atoms with van der Waals surface area (Å²) in [4.78, 5) is 10.5. The quantitative estimate of drug-likeness (QED) is 0.481. The van der Waals surface area contributed by atoms with E-state index in [1.165, 1.54) is 0 Å². The predicted molar refractivity (Wildman–Crippen MR) is 48.5 cm³/mol. The van der Waals surface area contributed by atoms with Crippen molar-refractivity contribution < 1.29 is 4.79 Å². The van der Waals surface area contributed by atoms with Crippen molar-refractivity contribution in [2.45, 2.75) is 6.42 Å². The molecule has 1 amide bonds. The number of amides is 1. The first-order chi connectivity index (χ1) is 5.70. The van der Waals surface area contributed by atoms with Gasteiger partial charge in [0.2, 0.25) is 0 Å². The van der Waals surface area contributed by atoms with Crippen LogP contribution in [0.1, 0.15) is 6.42 Å². The van der Waals surface area contributed by atoms with Gasteiger partial charge >= 0.3 is 5.37 Å². The molecule has 12 heavy (non-hydrogen) atoms. The Balaban J connectivity index is 2.78. The first kappa shape index (κ1) is 8.87. The third-order valence-corrected chi connectivity index (χ3v) is 1.51. The number of hydrogen-bond donors (Lipinski definition) is 2. The van der Waals surface area contributed by atoms with Gasteiger partial charge in [0.1, 0.15) is 0 Å². The minimum Gasteiger partial charge on any atom is -0.397 e. The van der Waals surface area contributed by atoms with Crippen molar-refractivity contribution in [2.24, 2.45) is 5.73 Å². The van der Waals surface area contributed by atoms with E-state index in [4.69, 9.17) is 17.3 Å². The van der Waals surface area contributed by atoms with Gasteiger partial charge in [-0.05, 0) is 24.1 Å². The highest BCUT2D eigenvalue weighted by Crippen LogP contribution is 2.07. The minimum absolute atomic E-state index is 0.536. The lowest BCUT2D eigenvalue weighted by Gasteiger charge is -2.04. The van der Waals surface area contributed by atoms with Crippen LogP contribution in [0, 0.1) is 0 Å². The summed E-state index contributed by atoms with van der Waals surface area (Å²) in [6.07, 6.45) is 8.03. The second-order valence-electron chi connectivity index (χ2n) is 2.30. The van der Waals surface area contributed by atoms with Crippen molar-refractivity contribution in [3.8, 4) is 0 Å². The van der Waals surface area contributed by atoms with Crippen molar-refractivity contribution in [1.29, 1.82) is 0 Å². The first-order valence-corrected chi connectivity index (χ1v) is 3.87. The molecule has 0 unspecified atom stereocenters. The summed E-state index contributed by atoms with van der Waals surface area (Å²) in [6, 6.07) is 0. The molecule has 1 aliphatic carbocycles. The largest absolute Gasteiger partial charge is 0.397 e. The Morgan fingerprint density at radius 2 is 2.42 bits per heavy atom. The van der Waals surface area contributed by atoms with Crippen LogP contribution in [0.15, 0.2) is 35.7 Å². The average Bonchev–Trinajstić information content (AvgIpc) is 2.16. The molecule has 0 radical (unpaired) electrons. The Morgan fingerprint density at radius 3 is 3.08 bits per heavy atom. The molecule has 0 aromatic carbocycles. The molecular weight excluding hydrogens is 176 g/mol. The lowest BCUT2D eigenvalue weighted by molar-refractivity contribution is 0.262. The molecule has 0 heterocycles. The normalized spacial score (nSPS) is 16.1. The second-order valence-corrected chi connectivity index (χ2v) is 2.65. The fourth-order valence-electron chi connectivity index (χ4n) is 0.864. The summed E-state index contributed by atoms with van der Waals surface area (Å²) in [5.74, 6) is 0. The number of nitrogens with one attached hydrogen (secondary N) is 1. The lowest BCUT2D eigenvalue weighted by atomic mass is 10.3. The van der Waals surface area contributed by atoms with Crippen molar-refractivity contribution in [3.63, 3.8) is 0 Å². The summed E-state index contributed by atoms with van der Waals surface area (Å²) in [5.41, 5.74) is 6.69. The van der Waals surface area contributed by atoms with Gasteiger partial charge in [-0.2, -0.15) is 0 Å². The highest BCUT2D eigenvalue weighted by atomic mass is 35.5. The van der Waals surface area contributed by atoms with Gasteiger partial charge in [-0.1, -0.05) is 18.2 Å². The van der Waals surface area contributed by atoms with Crippen LogP contribution in [0.2, 0.25) is 0 Å². The van der Waals surface area contributed by atoms with Crippen LogP contribution in [0.25, 0.3) is 0 Å². The van der Waals surface area contributed by atoms with E-state index in [1.54, 1.807) is 6.08 Å². The SMILES string of the molecule is NC1=CCC=CC=C1NC(=O)Cl. The fourth-order valence-corrected chi connectivity index (χ4v) is 0.966. The number of carbonyl (C=O) groups is 1. The maximum absolute atomic E-state index is 10.5. The van der Waals surface area contributed by atoms with E-state index in [0.29, 0.717) is 11.4 Å². The Labute approximate surface area is 75.6 Å². The molecule has 0 aliphatic heterocycles. The highest BCUT2D eigenvalue weighted by molar-refractivity contribution is 6.63. The Hall–Kier alpha value is -1.22. The van der Waals surface area contributed by atoms with Gasteiger partial charge < -0.3 is 11.1 Å². The van der Waals surface area contributed by atoms with Crippen LogP contribution in [0.5, 0.6) is 0 Å². The maximum Gasteiger partial charge on any atom is 0.318 e. The van der Waals surface area contributed by atoms with E-state index < -0.39 is 5.37 Å². The van der Waals surface area contributed by atoms with E-state index in [1.807, 2.05) is 18.2 Å². The van der Waals surface area contributed by atoms with E-state index in [-0.39, 0.29) is 0 Å². The molecule has 0 saturated carbocycles. The smallest absolute Gasteiger partial charge is 0.318 e. The Morgan fingerprint density at radius 1 is 1.67 bits per heavy atom. The van der Waals surface area contributed by atoms with Crippen LogP contribution in [-0.4, -0.2) is 5.37 Å². The standard InChI is InChI=1S/C8H9ClN2O/c9-8(12)11-7-5-3-1-2-4-6(7)10/h1,3-5H,2,10H2,(H,11,12). The molecule has 3 N–H and O–H groups in total. The van der Waals surface area contributed by atoms with Crippen LogP contribution in [0.4, 0.5) is 4.79 Å². The molecule has 4 heteroatoms. The predicted octanol–water partition coefficient (Wildman–Crippen LogP) is 1.62. The van der Waals surface area contributed by atoms with Gasteiger partial charge in [0.05, 0.1) is 11.4 Å². The van der Waals surface area contributed by atoms with Gasteiger partial charge in [-0.3, -0.25) is 4.79 Å². The van der Waals surface area contributed by atoms with Gasteiger partial charge in [-0.15, -0.1) is 0 Å². The van der Waals surface area contributed by atoms with E-state index >= 15 is 0 Å². The summed E-state index contributed by atoms with van der Waals surface area (Å²) < 4.78 is 0. The zero-order chi connectivity index (χ0) is 8.97. The molecule has 0 aromatic rings. The molecule has 3 nitrogen and oxygen atoms in total. The third-order valence-electron chi connectivity index (χ3n) is 1.42. The number of halogens is 1. The molecular formula is C8H9ClN2O. The average molecular weight is 185 g/mol. The zero-order valence-electron chi connectivity index (χ0n) is 6.38. The Bertz CT molecular complexity index is 279. The Kier molecular flexibility index (Phi) is 2.94. The molecule has 0 spiro atoms. The molecule has 64 valence electrons. The summed E-state index contributed by atoms with van der Waals surface area (Å²) >= 11 is 5.13. The highest BCUT2D eigenvalue weighted by Gasteiger charge is 2.03. The third kappa shape index (κ3) is 2.43. The van der Waals surface area contributed by atoms with Crippen molar-refractivity contribution in [1.82, 2.24) is 5.32 Å². The van der Waals surface area contributed by atoms with Crippen molar-refractivity contribution >= 4 is 17.0 Å². The van der Waals surface area contributed by atoms with Crippen LogP contribution in [0.3, 0.4) is 0 Å². The van der Waals surface area contributed by atoms with Gasteiger partial charge in [0.25, 0.3) is 0 Å². The molecule has 0 bridgehead atoms. The van der Waals surface area contributed by atoms with Crippen LogP contribution < -0.4 is 11.1 Å². The van der Waals surface area contributed by atoms with E-state index in [9.17, 15) is 4.79 Å². The number of carbonyl (C=O) groups excluding carboxylic acids is 1. The summed E-state index contributed by atoms with van der Waals surface area (Å²) in [5, 5.41) is 1.78. The molecule has 0 saturated heterocycles. The topological polar surface area (TPSA) is 55.1 Å². The number of allylic oxidation sites excluding steroid dienone is 4. The first-order valence-electron chi connectivity index (χ1n) is 3.49. The second kappa shape index (κ2) is 3.97. The van der Waals surface area contributed by atoms with Crippen molar-refractivity contribution in [3.05, 3.63) is 35.7 Å². The molecule has 1 aliphatic rings. The minimum atomic E-state index is -0.632. The van der Waals surface area contributed by atoms with Gasteiger partial charge in [0, 0.05) is 0 Å². The molecule has 0 aromatic heterocycles. The van der Waals surface area contributed by atoms with E-state index in [0.717, 1.165) is 6.42 Å². The molecule has 0 atom stereocenters. The number of nitrogens with two attached hydrogens (primary N) is 1. The molecule has 0 fully saturated rings. The molecule has 1 rings (SSSR count). The summed E-state index contributed by atoms with van der Waals surface area (Å²) in [6.45, 7) is 0. The number of hydrogen-bond acceptors (Lipinski definition) is 2. The maximum atomic E-state index is 10.5. The lowest BCUT2D eigenvalue weighted by Crippen LogP contribution is -2.20. The fraction of sp³-hybridized carbons (Fsp3) is 0.125. The van der Waals surface area contributed by atoms with Crippen molar-refractivity contribution in [2.75, 3.05) is 0 Å². The van der Waals surface area contributed by atoms with E-state index in [2.05, 4.69) is 5.32 Å². The summed E-state index contributed by atoms with van der Waals surface area (Å²) in [7, 11) is 0. The zero-order valence-corrected chi connectivity index (χ0v) is 7.14. The number of rotatable bonds is 1. The monoisotopic (exact) mass is 184 g/mol. The van der Waals surface area contributed by atoms with Gasteiger partial charge in [0.15, 0.2) is 0 Å². The van der Waals surface area contributed by atoms with Crippen LogP contribution >= 0.6 is 11.6 Å².